The van der Waals surface area contributed by atoms with Gasteiger partial charge in [-0.2, -0.15) is 0 Å². The van der Waals surface area contributed by atoms with Gasteiger partial charge in [0.05, 0.1) is 12.8 Å². The van der Waals surface area contributed by atoms with Gasteiger partial charge in [0.2, 0.25) is 5.78 Å². The lowest BCUT2D eigenvalue weighted by atomic mass is 10.0. The normalized spacial score (nSPS) is 15.7. The number of rotatable bonds is 7. The molecule has 1 fully saturated rings. The molecule has 10 nitrogen and oxygen atoms in total. The lowest BCUT2D eigenvalue weighted by Gasteiger charge is -2.34. The van der Waals surface area contributed by atoms with E-state index in [0.717, 1.165) is 11.3 Å². The molecule has 0 spiro atoms. The Morgan fingerprint density at radius 2 is 1.69 bits per heavy atom. The number of hydrogen-bond donors (Lipinski definition) is 1. The monoisotopic (exact) mass is 497 g/mol. The van der Waals surface area contributed by atoms with Gasteiger partial charge in [0.1, 0.15) is 16.3 Å². The first kappa shape index (κ1) is 24.6. The van der Waals surface area contributed by atoms with Crippen molar-refractivity contribution in [2.24, 2.45) is 0 Å². The van der Waals surface area contributed by atoms with Crippen LogP contribution in [0, 0.1) is 0 Å². The maximum atomic E-state index is 13.1. The van der Waals surface area contributed by atoms with Crippen molar-refractivity contribution < 1.29 is 23.9 Å². The van der Waals surface area contributed by atoms with Crippen molar-refractivity contribution in [2.45, 2.75) is 0 Å². The van der Waals surface area contributed by atoms with E-state index in [9.17, 15) is 19.2 Å². The summed E-state index contributed by atoms with van der Waals surface area (Å²) in [5, 5.41) is 3.09. The van der Waals surface area contributed by atoms with Gasteiger partial charge < -0.3 is 24.8 Å². The number of methoxy groups -OCH3 is 1. The Labute approximate surface area is 207 Å². The number of fused-ring (bicyclic) bond motifs is 1. The first-order valence-electron chi connectivity index (χ1n) is 11.2. The second kappa shape index (κ2) is 10.4. The Kier molecular flexibility index (Phi) is 7.27. The summed E-state index contributed by atoms with van der Waals surface area (Å²) in [4.78, 5) is 60.9. The third-order valence-corrected chi connectivity index (χ3v) is 6.89. The van der Waals surface area contributed by atoms with E-state index in [4.69, 9.17) is 4.74 Å². The predicted octanol–water partition coefficient (Wildman–Crippen LogP) is 1.16. The summed E-state index contributed by atoms with van der Waals surface area (Å²) in [6.07, 6.45) is 1.27. The first-order chi connectivity index (χ1) is 16.8. The molecular weight excluding hydrogens is 470 g/mol. The van der Waals surface area contributed by atoms with E-state index in [-0.39, 0.29) is 44.7 Å². The number of likely N-dealkylation sites (N-methyl/N-ethyl adjacent to an activating group) is 1. The Morgan fingerprint density at radius 1 is 1.06 bits per heavy atom. The number of thiazole rings is 1. The highest BCUT2D eigenvalue weighted by Gasteiger charge is 2.33. The van der Waals surface area contributed by atoms with E-state index < -0.39 is 0 Å². The largest absolute Gasteiger partial charge is 0.497 e. The summed E-state index contributed by atoms with van der Waals surface area (Å²) in [5.41, 5.74) is 0.767. The van der Waals surface area contributed by atoms with Crippen LogP contribution in [0.5, 0.6) is 5.75 Å². The molecule has 0 bridgehead atoms. The van der Waals surface area contributed by atoms with Crippen molar-refractivity contribution >= 4 is 34.7 Å². The van der Waals surface area contributed by atoms with E-state index in [0.29, 0.717) is 50.6 Å². The summed E-state index contributed by atoms with van der Waals surface area (Å²) < 4.78 is 5.13. The number of nitrogens with zero attached hydrogens (tertiary/aromatic N) is 4. The smallest absolute Gasteiger partial charge is 0.282 e. The van der Waals surface area contributed by atoms with Gasteiger partial charge in [0.25, 0.3) is 11.8 Å². The third kappa shape index (κ3) is 5.25. The summed E-state index contributed by atoms with van der Waals surface area (Å²) in [6, 6.07) is 6.89. The van der Waals surface area contributed by atoms with Crippen LogP contribution in [0.15, 0.2) is 36.0 Å². The number of piperazine rings is 1. The van der Waals surface area contributed by atoms with Crippen LogP contribution in [-0.2, 0) is 0 Å². The molecule has 1 N–H and O–H groups in total. The quantitative estimate of drug-likeness (QED) is 0.607. The second-order valence-corrected chi connectivity index (χ2v) is 9.49. The van der Waals surface area contributed by atoms with E-state index in [1.54, 1.807) is 41.2 Å². The molecule has 1 aromatic carbocycles. The van der Waals surface area contributed by atoms with Crippen LogP contribution in [0.4, 0.5) is 0 Å². The molecule has 0 radical (unpaired) electrons. The van der Waals surface area contributed by atoms with E-state index in [1.807, 2.05) is 19.0 Å². The van der Waals surface area contributed by atoms with Crippen LogP contribution in [0.2, 0.25) is 0 Å². The highest BCUT2D eigenvalue weighted by atomic mass is 32.1. The van der Waals surface area contributed by atoms with Gasteiger partial charge in [0, 0.05) is 50.9 Å². The summed E-state index contributed by atoms with van der Waals surface area (Å²) in [5.74, 6) is -0.501. The van der Waals surface area contributed by atoms with E-state index >= 15 is 0 Å². The maximum absolute atomic E-state index is 13.1. The molecule has 1 aromatic heterocycles. The van der Waals surface area contributed by atoms with Gasteiger partial charge in [-0.15, -0.1) is 11.3 Å². The SMILES string of the molecule is COc1ccc(C(=O)N2CCN(C(=O)c3nc4c(s3)C(=O)C=C(NCCN(C)C)C4=O)CC2)cc1. The van der Waals surface area contributed by atoms with Crippen LogP contribution < -0.4 is 10.1 Å². The maximum Gasteiger partial charge on any atom is 0.282 e. The molecule has 2 heterocycles. The Balaban J connectivity index is 1.38. The van der Waals surface area contributed by atoms with E-state index in [1.165, 1.54) is 6.08 Å². The summed E-state index contributed by atoms with van der Waals surface area (Å²) in [6.45, 7) is 2.62. The minimum Gasteiger partial charge on any atom is -0.497 e. The van der Waals surface area contributed by atoms with Gasteiger partial charge in [-0.3, -0.25) is 19.2 Å². The number of benzene rings is 1. The number of Topliss-reactive ketones (excluding diaryl/α,β-unsaturated/α-hetero) is 1. The van der Waals surface area contributed by atoms with Crippen molar-refractivity contribution in [1.82, 2.24) is 25.0 Å². The lowest BCUT2D eigenvalue weighted by Crippen LogP contribution is -2.50. The van der Waals surface area contributed by atoms with Crippen LogP contribution in [0.3, 0.4) is 0 Å². The molecule has 0 saturated carbocycles. The minimum atomic E-state index is -0.386. The molecule has 1 aliphatic heterocycles. The highest BCUT2D eigenvalue weighted by molar-refractivity contribution is 7.16. The molecule has 11 heteroatoms. The molecule has 4 rings (SSSR count). The van der Waals surface area contributed by atoms with Gasteiger partial charge in [0.15, 0.2) is 10.8 Å². The zero-order chi connectivity index (χ0) is 25.1. The summed E-state index contributed by atoms with van der Waals surface area (Å²) >= 11 is 0.941. The summed E-state index contributed by atoms with van der Waals surface area (Å²) in [7, 11) is 5.39. The highest BCUT2D eigenvalue weighted by Crippen LogP contribution is 2.27. The molecule has 2 aliphatic rings. The van der Waals surface area contributed by atoms with Gasteiger partial charge in [-0.1, -0.05) is 0 Å². The fourth-order valence-electron chi connectivity index (χ4n) is 3.83. The number of carbonyl (C=O) groups is 4. The van der Waals surface area contributed by atoms with Crippen LogP contribution >= 0.6 is 11.3 Å². The Morgan fingerprint density at radius 3 is 2.29 bits per heavy atom. The second-order valence-electron chi connectivity index (χ2n) is 8.49. The molecule has 0 atom stereocenters. The number of hydrogen-bond acceptors (Lipinski definition) is 9. The molecule has 2 aromatic rings. The number of allylic oxidation sites excluding steroid dienone is 2. The number of carbonyl (C=O) groups excluding carboxylic acids is 4. The number of amides is 2. The van der Waals surface area contributed by atoms with Crippen LogP contribution in [0.1, 0.15) is 40.3 Å². The van der Waals surface area contributed by atoms with Crippen molar-refractivity contribution in [3.05, 3.63) is 57.2 Å². The number of nitrogens with one attached hydrogen (secondary N) is 1. The molecule has 1 aliphatic carbocycles. The van der Waals surface area contributed by atoms with Crippen molar-refractivity contribution in [1.29, 1.82) is 0 Å². The number of ketones is 2. The standard InChI is InChI=1S/C24H27N5O5S/c1-27(2)9-8-25-17-14-18(30)21-19(20(17)31)26-22(35-21)24(33)29-12-10-28(11-13-29)23(32)15-4-6-16(34-3)7-5-15/h4-7,14,25H,8-13H2,1-3H3. The molecule has 2 amide bonds. The fraction of sp³-hybridized carbons (Fsp3) is 0.375. The molecular formula is C24H27N5O5S. The van der Waals surface area contributed by atoms with Crippen LogP contribution in [0.25, 0.3) is 0 Å². The van der Waals surface area contributed by atoms with Crippen molar-refractivity contribution in [3.63, 3.8) is 0 Å². The molecule has 184 valence electrons. The molecule has 1 saturated heterocycles. The van der Waals surface area contributed by atoms with Gasteiger partial charge in [-0.05, 0) is 38.4 Å². The number of aromatic nitrogens is 1. The Hall–Kier alpha value is -3.57. The Bertz CT molecular complexity index is 1180. The van der Waals surface area contributed by atoms with Gasteiger partial charge >= 0.3 is 0 Å². The average Bonchev–Trinajstić information content (AvgIpc) is 3.32. The average molecular weight is 498 g/mol. The van der Waals surface area contributed by atoms with Crippen molar-refractivity contribution in [2.75, 3.05) is 60.5 Å². The fourth-order valence-corrected chi connectivity index (χ4v) is 4.77. The lowest BCUT2D eigenvalue weighted by molar-refractivity contribution is 0.0535. The first-order valence-corrected chi connectivity index (χ1v) is 12.0. The number of ether oxygens (including phenoxy) is 1. The topological polar surface area (TPSA) is 112 Å². The molecule has 0 unspecified atom stereocenters. The predicted molar refractivity (Wildman–Crippen MR) is 130 cm³/mol. The third-order valence-electron chi connectivity index (χ3n) is 5.83. The van der Waals surface area contributed by atoms with Crippen LogP contribution in [-0.4, -0.2) is 104 Å². The van der Waals surface area contributed by atoms with E-state index in [2.05, 4.69) is 10.3 Å². The molecule has 35 heavy (non-hydrogen) atoms. The van der Waals surface area contributed by atoms with Gasteiger partial charge in [-0.25, -0.2) is 4.98 Å². The zero-order valence-electron chi connectivity index (χ0n) is 19.9. The van der Waals surface area contributed by atoms with Crippen molar-refractivity contribution in [3.8, 4) is 5.75 Å². The zero-order valence-corrected chi connectivity index (χ0v) is 20.7. The minimum absolute atomic E-state index is 0.0199.